The van der Waals surface area contributed by atoms with Gasteiger partial charge in [-0.25, -0.2) is 0 Å². The Morgan fingerprint density at radius 3 is 2.33 bits per heavy atom. The molecule has 0 aromatic rings. The molecule has 0 aromatic heterocycles. The minimum absolute atomic E-state index is 0.186. The van der Waals surface area contributed by atoms with Gasteiger partial charge in [-0.15, -0.1) is 5.70 Å². The van der Waals surface area contributed by atoms with E-state index < -0.39 is 0 Å². The van der Waals surface area contributed by atoms with E-state index >= 15 is 0 Å². The van der Waals surface area contributed by atoms with Crippen molar-refractivity contribution in [2.75, 3.05) is 0 Å². The Hall–Kier alpha value is -0.0431. The van der Waals surface area contributed by atoms with Gasteiger partial charge in [-0.2, -0.15) is 0 Å². The van der Waals surface area contributed by atoms with Crippen molar-refractivity contribution in [1.82, 2.24) is 0 Å². The Bertz CT molecular complexity index is 97.2. The second-order valence-electron chi connectivity index (χ2n) is 3.44. The number of rotatable bonds is 8. The normalized spacial score (nSPS) is 12.2. The third-order valence-corrected chi connectivity index (χ3v) is 2.93. The minimum Gasteiger partial charge on any atom is -0.106 e. The zero-order chi connectivity index (χ0) is 9.07. The number of hydrogen-bond donors (Lipinski definition) is 0. The molecular formula is C11H24Si. The summed E-state index contributed by atoms with van der Waals surface area (Å²) in [6, 6.07) is 0. The first kappa shape index (κ1) is 12.0. The van der Waals surface area contributed by atoms with Crippen molar-refractivity contribution in [3.05, 3.63) is 11.8 Å². The average molecular weight is 184 g/mol. The maximum atomic E-state index is 2.41. The lowest BCUT2D eigenvalue weighted by atomic mass is 10.1. The first-order chi connectivity index (χ1) is 5.91. The molecule has 0 saturated carbocycles. The molecule has 0 N–H and O–H groups in total. The summed E-state index contributed by atoms with van der Waals surface area (Å²) in [6.45, 7) is 4.60. The zero-order valence-corrected chi connectivity index (χ0v) is 10.2. The largest absolute Gasteiger partial charge is 0.106 e. The Labute approximate surface area is 80.3 Å². The summed E-state index contributed by atoms with van der Waals surface area (Å²) in [6.07, 6.45) is 12.2. The summed E-state index contributed by atoms with van der Waals surface area (Å²) >= 11 is 0. The predicted molar refractivity (Wildman–Crippen MR) is 61.5 cm³/mol. The van der Waals surface area contributed by atoms with Crippen LogP contribution in [0.25, 0.3) is 0 Å². The highest BCUT2D eigenvalue weighted by Gasteiger charge is 1.87. The highest BCUT2D eigenvalue weighted by Crippen LogP contribution is 2.06. The van der Waals surface area contributed by atoms with E-state index in [0.29, 0.717) is 0 Å². The van der Waals surface area contributed by atoms with E-state index in [9.17, 15) is 0 Å². The van der Waals surface area contributed by atoms with Gasteiger partial charge in [0.15, 0.2) is 0 Å². The fourth-order valence-corrected chi connectivity index (χ4v) is 1.90. The van der Waals surface area contributed by atoms with Crippen molar-refractivity contribution in [3.8, 4) is 0 Å². The van der Waals surface area contributed by atoms with Crippen LogP contribution in [0.5, 0.6) is 0 Å². The maximum Gasteiger partial charge on any atom is 0.0419 e. The fraction of sp³-hybridized carbons (Fsp3) is 0.818. The molecule has 0 nitrogen and oxygen atoms in total. The van der Waals surface area contributed by atoms with E-state index in [1.807, 2.05) is 0 Å². The average Bonchev–Trinajstić information content (AvgIpc) is 2.10. The molecule has 0 aliphatic carbocycles. The molecule has 0 saturated heterocycles. The molecule has 1 heteroatoms. The Morgan fingerprint density at radius 2 is 1.67 bits per heavy atom. The molecule has 0 fully saturated rings. The van der Waals surface area contributed by atoms with Gasteiger partial charge in [-0.1, -0.05) is 51.7 Å². The summed E-state index contributed by atoms with van der Waals surface area (Å²) in [5, 5.41) is 0. The van der Waals surface area contributed by atoms with Gasteiger partial charge in [0, 0.05) is 9.52 Å². The lowest BCUT2D eigenvalue weighted by Gasteiger charge is -1.97. The summed E-state index contributed by atoms with van der Waals surface area (Å²) < 4.78 is 0. The summed E-state index contributed by atoms with van der Waals surface area (Å²) in [5.74, 6) is 0. The van der Waals surface area contributed by atoms with Gasteiger partial charge >= 0.3 is 0 Å². The molecule has 0 spiro atoms. The van der Waals surface area contributed by atoms with Gasteiger partial charge < -0.3 is 0 Å². The molecule has 0 atom stereocenters. The van der Waals surface area contributed by atoms with Crippen LogP contribution in [-0.4, -0.2) is 9.52 Å². The van der Waals surface area contributed by atoms with E-state index in [-0.39, 0.29) is 9.52 Å². The minimum atomic E-state index is 0.186. The maximum absolute atomic E-state index is 2.41. The quantitative estimate of drug-likeness (QED) is 0.400. The first-order valence-electron chi connectivity index (χ1n) is 5.56. The van der Waals surface area contributed by atoms with E-state index in [1.165, 1.54) is 44.9 Å². The molecule has 0 aliphatic rings. The van der Waals surface area contributed by atoms with E-state index in [2.05, 4.69) is 25.2 Å². The van der Waals surface area contributed by atoms with Gasteiger partial charge in [0.1, 0.15) is 0 Å². The highest BCUT2D eigenvalue weighted by atomic mass is 28.2. The third-order valence-electron chi connectivity index (χ3n) is 2.13. The van der Waals surface area contributed by atoms with Crippen molar-refractivity contribution < 1.29 is 0 Å². The molecular weight excluding hydrogens is 160 g/mol. The summed E-state index contributed by atoms with van der Waals surface area (Å²) in [5.41, 5.74) is 2.41. The zero-order valence-electron chi connectivity index (χ0n) is 8.81. The standard InChI is InChI=1S/C11H24Si/c1-3-4-5-6-7-8-9-10-11-12-2/h10-11H,3-9,12H2,1-2H3. The second-order valence-corrected chi connectivity index (χ2v) is 4.72. The molecule has 0 heterocycles. The number of hydrogen-bond acceptors (Lipinski definition) is 0. The monoisotopic (exact) mass is 184 g/mol. The van der Waals surface area contributed by atoms with Crippen molar-refractivity contribution in [1.29, 1.82) is 0 Å². The molecule has 0 radical (unpaired) electrons. The van der Waals surface area contributed by atoms with Crippen molar-refractivity contribution >= 4 is 9.52 Å². The molecule has 12 heavy (non-hydrogen) atoms. The molecule has 72 valence electrons. The van der Waals surface area contributed by atoms with Gasteiger partial charge in [-0.3, -0.25) is 0 Å². The molecule has 0 unspecified atom stereocenters. The third kappa shape index (κ3) is 9.96. The van der Waals surface area contributed by atoms with Crippen LogP contribution in [-0.2, 0) is 0 Å². The van der Waals surface area contributed by atoms with Gasteiger partial charge in [0.2, 0.25) is 0 Å². The SMILES string of the molecule is CCCCCCCCC=C[SiH2]C. The molecule has 0 aromatic carbocycles. The lowest BCUT2D eigenvalue weighted by molar-refractivity contribution is 0.611. The Morgan fingerprint density at radius 1 is 1.00 bits per heavy atom. The van der Waals surface area contributed by atoms with Gasteiger partial charge in [0.05, 0.1) is 0 Å². The van der Waals surface area contributed by atoms with Crippen LogP contribution in [0.15, 0.2) is 11.8 Å². The van der Waals surface area contributed by atoms with Crippen LogP contribution in [0.4, 0.5) is 0 Å². The number of unbranched alkanes of at least 4 members (excludes halogenated alkanes) is 6. The molecule has 0 rings (SSSR count). The van der Waals surface area contributed by atoms with E-state index in [0.717, 1.165) is 0 Å². The smallest absolute Gasteiger partial charge is 0.0419 e. The Kier molecular flexibility index (Phi) is 10.9. The van der Waals surface area contributed by atoms with E-state index in [4.69, 9.17) is 0 Å². The molecule has 0 amide bonds. The lowest BCUT2D eigenvalue weighted by Crippen LogP contribution is -1.78. The van der Waals surface area contributed by atoms with Crippen molar-refractivity contribution in [2.24, 2.45) is 0 Å². The van der Waals surface area contributed by atoms with Crippen molar-refractivity contribution in [2.45, 2.75) is 58.4 Å². The van der Waals surface area contributed by atoms with Crippen molar-refractivity contribution in [3.63, 3.8) is 0 Å². The van der Waals surface area contributed by atoms with Crippen LogP contribution in [0.3, 0.4) is 0 Å². The Balaban J connectivity index is 2.86. The summed E-state index contributed by atoms with van der Waals surface area (Å²) in [4.78, 5) is 0. The fourth-order valence-electron chi connectivity index (χ4n) is 1.33. The van der Waals surface area contributed by atoms with E-state index in [1.54, 1.807) is 0 Å². The van der Waals surface area contributed by atoms with Crippen LogP contribution < -0.4 is 0 Å². The van der Waals surface area contributed by atoms with Crippen LogP contribution in [0.2, 0.25) is 6.55 Å². The van der Waals surface area contributed by atoms with Gasteiger partial charge in [0.25, 0.3) is 0 Å². The summed E-state index contributed by atoms with van der Waals surface area (Å²) in [7, 11) is 0.186. The van der Waals surface area contributed by atoms with Gasteiger partial charge in [-0.05, 0) is 12.8 Å². The van der Waals surface area contributed by atoms with Crippen LogP contribution in [0.1, 0.15) is 51.9 Å². The van der Waals surface area contributed by atoms with Crippen LogP contribution >= 0.6 is 0 Å². The first-order valence-corrected chi connectivity index (χ1v) is 7.79. The topological polar surface area (TPSA) is 0 Å². The highest BCUT2D eigenvalue weighted by molar-refractivity contribution is 6.40. The second kappa shape index (κ2) is 11.0. The predicted octanol–water partition coefficient (Wildman–Crippen LogP) is 3.47. The molecule has 0 bridgehead atoms. The number of allylic oxidation sites excluding steroid dienone is 1. The molecule has 0 aliphatic heterocycles. The van der Waals surface area contributed by atoms with Crippen LogP contribution in [0, 0.1) is 0 Å².